The zero-order chi connectivity index (χ0) is 19.9. The summed E-state index contributed by atoms with van der Waals surface area (Å²) in [6.07, 6.45) is -4.91. The Morgan fingerprint density at radius 3 is 2.30 bits per heavy atom. The van der Waals surface area contributed by atoms with Gasteiger partial charge in [0.15, 0.2) is 0 Å². The van der Waals surface area contributed by atoms with Crippen LogP contribution < -0.4 is 10.1 Å². The molecule has 0 aliphatic heterocycles. The average molecular weight is 381 g/mol. The predicted molar refractivity (Wildman–Crippen MR) is 91.2 cm³/mol. The van der Waals surface area contributed by atoms with E-state index in [4.69, 9.17) is 0 Å². The summed E-state index contributed by atoms with van der Waals surface area (Å²) < 4.78 is 41.2. The predicted octanol–water partition coefficient (Wildman–Crippen LogP) is 3.33. The Morgan fingerprint density at radius 2 is 1.67 bits per heavy atom. The van der Waals surface area contributed by atoms with Crippen molar-refractivity contribution in [3.05, 3.63) is 65.7 Å². The number of aryl methyl sites for hydroxylation is 1. The fourth-order valence-corrected chi connectivity index (χ4v) is 2.50. The van der Waals surface area contributed by atoms with Crippen LogP contribution in [0.1, 0.15) is 17.5 Å². The van der Waals surface area contributed by atoms with E-state index >= 15 is 0 Å². The zero-order valence-electron chi connectivity index (χ0n) is 14.2. The standard InChI is InChI=1S/C19H18F3NO4/c20-19(21,22)27-16-9-5-4-8-14(16)10-11-17(24)23-15(18(25)26)12-13-6-2-1-3-7-13/h1-9,15H,10-12H2,(H,23,24)(H,25,26)/t15-/m0/s1. The Labute approximate surface area is 153 Å². The molecule has 2 aromatic carbocycles. The first-order valence-electron chi connectivity index (χ1n) is 8.14. The molecule has 0 aromatic heterocycles. The number of amides is 1. The molecule has 8 heteroatoms. The number of aliphatic carboxylic acids is 1. The van der Waals surface area contributed by atoms with Gasteiger partial charge in [-0.3, -0.25) is 4.79 Å². The highest BCUT2D eigenvalue weighted by Crippen LogP contribution is 2.27. The molecule has 144 valence electrons. The fraction of sp³-hybridized carbons (Fsp3) is 0.263. The summed E-state index contributed by atoms with van der Waals surface area (Å²) in [5, 5.41) is 11.7. The number of rotatable bonds is 8. The second-order valence-electron chi connectivity index (χ2n) is 5.80. The number of nitrogens with one attached hydrogen (secondary N) is 1. The Hall–Kier alpha value is -3.03. The molecule has 0 saturated heterocycles. The molecule has 0 aliphatic carbocycles. The van der Waals surface area contributed by atoms with Gasteiger partial charge < -0.3 is 15.2 Å². The molecule has 2 aromatic rings. The van der Waals surface area contributed by atoms with E-state index in [-0.39, 0.29) is 30.6 Å². The lowest BCUT2D eigenvalue weighted by Crippen LogP contribution is -2.42. The number of ether oxygens (including phenoxy) is 1. The van der Waals surface area contributed by atoms with Gasteiger partial charge in [-0.1, -0.05) is 48.5 Å². The molecule has 1 amide bonds. The first-order valence-corrected chi connectivity index (χ1v) is 8.14. The molecule has 2 N–H and O–H groups in total. The first-order chi connectivity index (χ1) is 12.7. The van der Waals surface area contributed by atoms with E-state index in [1.54, 1.807) is 30.3 Å². The number of alkyl halides is 3. The van der Waals surface area contributed by atoms with Crippen molar-refractivity contribution >= 4 is 11.9 Å². The number of benzene rings is 2. The fourth-order valence-electron chi connectivity index (χ4n) is 2.50. The molecule has 5 nitrogen and oxygen atoms in total. The summed E-state index contributed by atoms with van der Waals surface area (Å²) in [6, 6.07) is 13.2. The van der Waals surface area contributed by atoms with Gasteiger partial charge in [0.2, 0.25) is 5.91 Å². The van der Waals surface area contributed by atoms with Crippen LogP contribution in [0.25, 0.3) is 0 Å². The van der Waals surface area contributed by atoms with Crippen LogP contribution in [0.4, 0.5) is 13.2 Å². The number of halogens is 3. The van der Waals surface area contributed by atoms with Crippen molar-refractivity contribution in [2.24, 2.45) is 0 Å². The number of hydrogen-bond donors (Lipinski definition) is 2. The Morgan fingerprint density at radius 1 is 1.04 bits per heavy atom. The summed E-state index contributed by atoms with van der Waals surface area (Å²) >= 11 is 0. The number of carboxylic acids is 1. The molecule has 1 atom stereocenters. The molecule has 27 heavy (non-hydrogen) atoms. The van der Waals surface area contributed by atoms with Crippen molar-refractivity contribution in [3.63, 3.8) is 0 Å². The second kappa shape index (κ2) is 9.07. The maximum absolute atomic E-state index is 12.4. The quantitative estimate of drug-likeness (QED) is 0.736. The number of carbonyl (C=O) groups is 2. The molecule has 0 spiro atoms. The van der Waals surface area contributed by atoms with E-state index in [0.29, 0.717) is 0 Å². The molecule has 2 rings (SSSR count). The minimum absolute atomic E-state index is 0.0181. The van der Waals surface area contributed by atoms with Crippen LogP contribution in [0, 0.1) is 0 Å². The lowest BCUT2D eigenvalue weighted by molar-refractivity contribution is -0.274. The first kappa shape index (κ1) is 20.3. The Bertz CT molecular complexity index is 778. The van der Waals surface area contributed by atoms with Crippen LogP contribution in [-0.2, 0) is 22.4 Å². The molecule has 0 radical (unpaired) electrons. The van der Waals surface area contributed by atoms with Crippen molar-refractivity contribution in [1.82, 2.24) is 5.32 Å². The SMILES string of the molecule is O=C(CCc1ccccc1OC(F)(F)F)N[C@@H](Cc1ccccc1)C(=O)O. The van der Waals surface area contributed by atoms with Crippen LogP contribution in [0.5, 0.6) is 5.75 Å². The Balaban J connectivity index is 1.96. The third-order valence-electron chi connectivity index (χ3n) is 3.74. The van der Waals surface area contributed by atoms with Crippen molar-refractivity contribution in [2.45, 2.75) is 31.7 Å². The van der Waals surface area contributed by atoms with E-state index in [9.17, 15) is 27.9 Å². The van der Waals surface area contributed by atoms with Gasteiger partial charge in [-0.15, -0.1) is 13.2 Å². The summed E-state index contributed by atoms with van der Waals surface area (Å²) in [6.45, 7) is 0. The highest BCUT2D eigenvalue weighted by molar-refractivity contribution is 5.83. The van der Waals surface area contributed by atoms with Gasteiger partial charge in [0.05, 0.1) is 0 Å². The summed E-state index contributed by atoms with van der Waals surface area (Å²) in [5.74, 6) is -2.13. The highest BCUT2D eigenvalue weighted by atomic mass is 19.4. The van der Waals surface area contributed by atoms with Crippen LogP contribution in [0.2, 0.25) is 0 Å². The van der Waals surface area contributed by atoms with Crippen LogP contribution >= 0.6 is 0 Å². The van der Waals surface area contributed by atoms with E-state index in [0.717, 1.165) is 11.6 Å². The zero-order valence-corrected chi connectivity index (χ0v) is 14.2. The third-order valence-corrected chi connectivity index (χ3v) is 3.74. The number of carbonyl (C=O) groups excluding carboxylic acids is 1. The molecule has 0 saturated carbocycles. The number of para-hydroxylation sites is 1. The summed E-state index contributed by atoms with van der Waals surface area (Å²) in [4.78, 5) is 23.4. The molecule has 0 heterocycles. The van der Waals surface area contributed by atoms with E-state index in [1.165, 1.54) is 18.2 Å². The molecular weight excluding hydrogens is 363 g/mol. The van der Waals surface area contributed by atoms with Gasteiger partial charge in [-0.2, -0.15) is 0 Å². The van der Waals surface area contributed by atoms with Crippen LogP contribution in [0.15, 0.2) is 54.6 Å². The number of carboxylic acid groups (broad SMARTS) is 1. The third kappa shape index (κ3) is 7.01. The average Bonchev–Trinajstić information content (AvgIpc) is 2.60. The minimum atomic E-state index is -4.83. The van der Waals surface area contributed by atoms with E-state index in [1.807, 2.05) is 0 Å². The normalized spacial score (nSPS) is 12.3. The van der Waals surface area contributed by atoms with Crippen molar-refractivity contribution in [1.29, 1.82) is 0 Å². The van der Waals surface area contributed by atoms with E-state index in [2.05, 4.69) is 10.1 Å². The van der Waals surface area contributed by atoms with Gasteiger partial charge >= 0.3 is 12.3 Å². The van der Waals surface area contributed by atoms with Crippen molar-refractivity contribution in [3.8, 4) is 5.75 Å². The molecule has 0 unspecified atom stereocenters. The second-order valence-corrected chi connectivity index (χ2v) is 5.80. The highest BCUT2D eigenvalue weighted by Gasteiger charge is 2.32. The smallest absolute Gasteiger partial charge is 0.480 e. The monoisotopic (exact) mass is 381 g/mol. The minimum Gasteiger partial charge on any atom is -0.480 e. The van der Waals surface area contributed by atoms with Crippen molar-refractivity contribution < 1.29 is 32.6 Å². The van der Waals surface area contributed by atoms with Crippen LogP contribution in [0.3, 0.4) is 0 Å². The summed E-state index contributed by atoms with van der Waals surface area (Å²) in [7, 11) is 0. The molecule has 0 aliphatic rings. The molecular formula is C19H18F3NO4. The van der Waals surface area contributed by atoms with Gasteiger partial charge in [-0.05, 0) is 23.6 Å². The number of hydrogen-bond acceptors (Lipinski definition) is 3. The lowest BCUT2D eigenvalue weighted by Gasteiger charge is -2.16. The maximum atomic E-state index is 12.4. The van der Waals surface area contributed by atoms with Crippen molar-refractivity contribution in [2.75, 3.05) is 0 Å². The van der Waals surface area contributed by atoms with Crippen LogP contribution in [-0.4, -0.2) is 29.4 Å². The topological polar surface area (TPSA) is 75.6 Å². The molecule has 0 bridgehead atoms. The van der Waals surface area contributed by atoms with E-state index < -0.39 is 24.3 Å². The molecule has 0 fully saturated rings. The van der Waals surface area contributed by atoms with Gasteiger partial charge in [0, 0.05) is 12.8 Å². The Kier molecular flexibility index (Phi) is 6.81. The van der Waals surface area contributed by atoms with Gasteiger partial charge in [-0.25, -0.2) is 4.79 Å². The van der Waals surface area contributed by atoms with Gasteiger partial charge in [0.1, 0.15) is 11.8 Å². The maximum Gasteiger partial charge on any atom is 0.573 e. The lowest BCUT2D eigenvalue weighted by atomic mass is 10.0. The summed E-state index contributed by atoms with van der Waals surface area (Å²) in [5.41, 5.74) is 0.953. The largest absolute Gasteiger partial charge is 0.573 e. The van der Waals surface area contributed by atoms with Gasteiger partial charge in [0.25, 0.3) is 0 Å².